The lowest BCUT2D eigenvalue weighted by atomic mass is 10.0. The second-order valence-electron chi connectivity index (χ2n) is 7.06. The van der Waals surface area contributed by atoms with Crippen LogP contribution in [-0.4, -0.2) is 78.9 Å². The van der Waals surface area contributed by atoms with E-state index in [1.165, 1.54) is 6.33 Å². The van der Waals surface area contributed by atoms with Gasteiger partial charge in [0.25, 0.3) is 5.91 Å². The Morgan fingerprint density at radius 1 is 1.23 bits per heavy atom. The van der Waals surface area contributed by atoms with Crippen LogP contribution in [0.2, 0.25) is 0 Å². The van der Waals surface area contributed by atoms with Gasteiger partial charge in [0.15, 0.2) is 0 Å². The van der Waals surface area contributed by atoms with Gasteiger partial charge in [-0.2, -0.15) is 0 Å². The van der Waals surface area contributed by atoms with Crippen molar-refractivity contribution in [2.45, 2.75) is 69.7 Å². The minimum absolute atomic E-state index is 0.0141. The van der Waals surface area contributed by atoms with Gasteiger partial charge in [-0.3, -0.25) is 14.6 Å². The molecule has 0 aliphatic heterocycles. The molecule has 0 bridgehead atoms. The number of rotatable bonds is 15. The highest BCUT2D eigenvalue weighted by atomic mass is 16.4. The molecule has 4 atom stereocenters. The van der Waals surface area contributed by atoms with Gasteiger partial charge in [0, 0.05) is 19.2 Å². The largest absolute Gasteiger partial charge is 0.480 e. The summed E-state index contributed by atoms with van der Waals surface area (Å²) >= 11 is 0. The Hall–Kier alpha value is -2.54. The van der Waals surface area contributed by atoms with Crippen LogP contribution in [0, 0.1) is 0 Å². The highest BCUT2D eigenvalue weighted by Gasteiger charge is 2.35. The van der Waals surface area contributed by atoms with Crippen LogP contribution < -0.4 is 16.9 Å². The van der Waals surface area contributed by atoms with Gasteiger partial charge in [0.1, 0.15) is 12.1 Å². The molecule has 0 fully saturated rings. The summed E-state index contributed by atoms with van der Waals surface area (Å²) in [5.74, 6) is -3.35. The first-order chi connectivity index (χ1) is 14.2. The highest BCUT2D eigenvalue weighted by molar-refractivity contribution is 5.87. The number of hydrogen-bond acceptors (Lipinski definition) is 8. The Morgan fingerprint density at radius 3 is 2.43 bits per heavy atom. The zero-order chi connectivity index (χ0) is 22.7. The minimum Gasteiger partial charge on any atom is -0.480 e. The molecule has 1 aromatic heterocycles. The number of unbranched alkanes of at least 4 members (excludes halogenated alkanes) is 1. The molecule has 0 aliphatic carbocycles. The Bertz CT molecular complexity index is 670. The third-order valence-corrected chi connectivity index (χ3v) is 4.62. The Morgan fingerprint density at radius 2 is 1.93 bits per heavy atom. The first kappa shape index (κ1) is 25.5. The summed E-state index contributed by atoms with van der Waals surface area (Å²) < 4.78 is 0. The van der Waals surface area contributed by atoms with Gasteiger partial charge in [0.05, 0.1) is 24.2 Å². The van der Waals surface area contributed by atoms with Gasteiger partial charge in [-0.1, -0.05) is 19.8 Å². The SMILES string of the molecule is CCCC[C@H](NN(C(=O)[C@@H](N)Cc1c[nH]cn1)[C@@H](CC[C@@H](O)CN)C(=O)O)C(=O)O. The van der Waals surface area contributed by atoms with Crippen molar-refractivity contribution in [2.24, 2.45) is 11.5 Å². The van der Waals surface area contributed by atoms with E-state index in [0.717, 1.165) is 11.4 Å². The lowest BCUT2D eigenvalue weighted by molar-refractivity contribution is -0.158. The van der Waals surface area contributed by atoms with Gasteiger partial charge in [-0.15, -0.1) is 0 Å². The van der Waals surface area contributed by atoms with Crippen molar-refractivity contribution in [1.29, 1.82) is 0 Å². The molecule has 0 saturated heterocycles. The molecule has 0 radical (unpaired) electrons. The van der Waals surface area contributed by atoms with Crippen LogP contribution >= 0.6 is 0 Å². The lowest BCUT2D eigenvalue weighted by Crippen LogP contribution is -2.61. The van der Waals surface area contributed by atoms with Crippen LogP contribution in [0.15, 0.2) is 12.5 Å². The molecule has 1 aromatic rings. The second kappa shape index (κ2) is 12.9. The number of aliphatic hydroxyl groups excluding tert-OH is 1. The van der Waals surface area contributed by atoms with Crippen molar-refractivity contribution in [3.8, 4) is 0 Å². The van der Waals surface area contributed by atoms with Crippen LogP contribution in [-0.2, 0) is 20.8 Å². The van der Waals surface area contributed by atoms with Crippen molar-refractivity contribution in [3.05, 3.63) is 18.2 Å². The summed E-state index contributed by atoms with van der Waals surface area (Å²) in [6.07, 6.45) is 3.42. The fraction of sp³-hybridized carbons (Fsp3) is 0.667. The van der Waals surface area contributed by atoms with Crippen molar-refractivity contribution in [3.63, 3.8) is 0 Å². The van der Waals surface area contributed by atoms with E-state index in [2.05, 4.69) is 15.4 Å². The van der Waals surface area contributed by atoms with Gasteiger partial charge < -0.3 is 31.8 Å². The predicted molar refractivity (Wildman–Crippen MR) is 107 cm³/mol. The van der Waals surface area contributed by atoms with E-state index in [4.69, 9.17) is 11.5 Å². The number of carboxylic acid groups (broad SMARTS) is 2. The summed E-state index contributed by atoms with van der Waals surface area (Å²) in [6.45, 7) is 1.82. The number of nitrogens with two attached hydrogens (primary N) is 2. The zero-order valence-electron chi connectivity index (χ0n) is 17.0. The topological polar surface area (TPSA) is 208 Å². The molecule has 12 heteroatoms. The van der Waals surface area contributed by atoms with E-state index in [0.29, 0.717) is 12.1 Å². The Kier molecular flexibility index (Phi) is 11.0. The van der Waals surface area contributed by atoms with Gasteiger partial charge in [-0.05, 0) is 19.3 Å². The number of H-pyrrole nitrogens is 1. The van der Waals surface area contributed by atoms with Crippen LogP contribution in [0.5, 0.6) is 0 Å². The molecule has 0 saturated carbocycles. The minimum atomic E-state index is -1.44. The molecule has 0 aliphatic rings. The van der Waals surface area contributed by atoms with Gasteiger partial charge >= 0.3 is 11.9 Å². The number of imidazole rings is 1. The third kappa shape index (κ3) is 8.06. The highest BCUT2D eigenvalue weighted by Crippen LogP contribution is 2.13. The van der Waals surface area contributed by atoms with Crippen molar-refractivity contribution >= 4 is 17.8 Å². The summed E-state index contributed by atoms with van der Waals surface area (Å²) in [6, 6.07) is -3.76. The molecule has 0 aromatic carbocycles. The molecule has 0 unspecified atom stereocenters. The van der Waals surface area contributed by atoms with E-state index < -0.39 is 42.1 Å². The number of nitrogens with zero attached hydrogens (tertiary/aromatic N) is 2. The fourth-order valence-corrected chi connectivity index (χ4v) is 2.85. The number of aliphatic hydroxyl groups is 1. The number of aromatic nitrogens is 2. The molecular formula is C18H32N6O6. The van der Waals surface area contributed by atoms with Crippen LogP contribution in [0.25, 0.3) is 0 Å². The normalized spacial score (nSPS) is 15.2. The quantitative estimate of drug-likeness (QED) is 0.166. The number of amides is 1. The van der Waals surface area contributed by atoms with Crippen molar-refractivity contribution < 1.29 is 29.7 Å². The van der Waals surface area contributed by atoms with E-state index in [1.54, 1.807) is 6.20 Å². The van der Waals surface area contributed by atoms with Crippen LogP contribution in [0.1, 0.15) is 44.7 Å². The van der Waals surface area contributed by atoms with Crippen molar-refractivity contribution in [1.82, 2.24) is 20.4 Å². The van der Waals surface area contributed by atoms with Crippen LogP contribution in [0.3, 0.4) is 0 Å². The average Bonchev–Trinajstić information content (AvgIpc) is 3.21. The predicted octanol–water partition coefficient (Wildman–Crippen LogP) is -1.19. The zero-order valence-corrected chi connectivity index (χ0v) is 17.0. The van der Waals surface area contributed by atoms with Gasteiger partial charge in [-0.25, -0.2) is 15.2 Å². The molecule has 1 rings (SSSR count). The van der Waals surface area contributed by atoms with E-state index in [1.807, 2.05) is 6.92 Å². The molecule has 1 amide bonds. The molecule has 9 N–H and O–H groups in total. The molecule has 12 nitrogen and oxygen atoms in total. The number of carboxylic acids is 2. The standard InChI is InChI=1S/C18H32N6O6/c1-2-3-4-14(17(27)28)23-24(15(18(29)30)6-5-12(25)8-19)16(26)13(20)7-11-9-21-10-22-11/h9-10,12-15,23,25H,2-8,19-20H2,1H3,(H,21,22)(H,27,28)(H,29,30)/t12-,13+,14+,15+/m1/s1. The first-order valence-electron chi connectivity index (χ1n) is 9.87. The molecule has 170 valence electrons. The number of aliphatic carboxylic acids is 2. The lowest BCUT2D eigenvalue weighted by Gasteiger charge is -2.34. The number of hydrazine groups is 1. The van der Waals surface area contributed by atoms with E-state index in [9.17, 15) is 29.7 Å². The third-order valence-electron chi connectivity index (χ3n) is 4.62. The van der Waals surface area contributed by atoms with E-state index in [-0.39, 0.29) is 32.2 Å². The van der Waals surface area contributed by atoms with Crippen molar-refractivity contribution in [2.75, 3.05) is 6.54 Å². The Labute approximate surface area is 174 Å². The number of carbonyl (C=O) groups excluding carboxylic acids is 1. The molecule has 0 spiro atoms. The maximum absolute atomic E-state index is 13.0. The molecular weight excluding hydrogens is 396 g/mol. The Balaban J connectivity index is 3.11. The fourth-order valence-electron chi connectivity index (χ4n) is 2.85. The maximum atomic E-state index is 13.0. The summed E-state index contributed by atoms with van der Waals surface area (Å²) in [5, 5.41) is 29.7. The number of hydrogen-bond donors (Lipinski definition) is 7. The van der Waals surface area contributed by atoms with E-state index >= 15 is 0 Å². The van der Waals surface area contributed by atoms with Gasteiger partial charge in [0.2, 0.25) is 0 Å². The smallest absolute Gasteiger partial charge is 0.328 e. The number of aromatic amines is 1. The number of carbonyl (C=O) groups is 3. The summed E-state index contributed by atoms with van der Waals surface area (Å²) in [5.41, 5.74) is 14.4. The monoisotopic (exact) mass is 428 g/mol. The maximum Gasteiger partial charge on any atom is 0.328 e. The second-order valence-corrected chi connectivity index (χ2v) is 7.06. The first-order valence-corrected chi connectivity index (χ1v) is 9.87. The molecule has 1 heterocycles. The summed E-state index contributed by atoms with van der Waals surface area (Å²) in [4.78, 5) is 43.3. The average molecular weight is 428 g/mol. The molecule has 30 heavy (non-hydrogen) atoms. The summed E-state index contributed by atoms with van der Waals surface area (Å²) in [7, 11) is 0. The number of nitrogens with one attached hydrogen (secondary N) is 2. The van der Waals surface area contributed by atoms with Crippen LogP contribution in [0.4, 0.5) is 0 Å².